The number of carbonyl (C=O) groups is 2. The van der Waals surface area contributed by atoms with Crippen molar-refractivity contribution in [3.63, 3.8) is 0 Å². The van der Waals surface area contributed by atoms with Crippen LogP contribution in [0.25, 0.3) is 0 Å². The van der Waals surface area contributed by atoms with Gasteiger partial charge in [-0.05, 0) is 72.8 Å². The topological polar surface area (TPSA) is 83.8 Å². The number of allylic oxidation sites excluding steroid dienone is 1. The largest absolute Gasteiger partial charge is 0.400 e. The quantitative estimate of drug-likeness (QED) is 0.132. The Labute approximate surface area is 229 Å². The third-order valence-corrected chi connectivity index (χ3v) is 5.83. The predicted molar refractivity (Wildman–Crippen MR) is 156 cm³/mol. The number of aliphatic hydroxyl groups excluding tert-OH is 2. The van der Waals surface area contributed by atoms with E-state index in [4.69, 9.17) is 19.7 Å². The first-order chi connectivity index (χ1) is 18.5. The molecule has 2 N–H and O–H groups in total. The van der Waals surface area contributed by atoms with Gasteiger partial charge >= 0.3 is 0 Å². The molecule has 2 aromatic rings. The molecule has 0 saturated carbocycles. The molecular formula is C32H47FO5. The number of alkyl halides is 1. The summed E-state index contributed by atoms with van der Waals surface area (Å²) >= 11 is 0. The lowest BCUT2D eigenvalue weighted by molar-refractivity contribution is -0.105. The van der Waals surface area contributed by atoms with Crippen LogP contribution in [0.2, 0.25) is 0 Å². The number of ether oxygens (including phenoxy) is 1. The highest BCUT2D eigenvalue weighted by molar-refractivity contribution is 5.72. The van der Waals surface area contributed by atoms with Gasteiger partial charge in [0, 0.05) is 25.7 Å². The van der Waals surface area contributed by atoms with Crippen molar-refractivity contribution in [1.29, 1.82) is 0 Å². The minimum Gasteiger partial charge on any atom is -0.400 e. The van der Waals surface area contributed by atoms with Crippen molar-refractivity contribution in [2.75, 3.05) is 34.1 Å². The number of hydrogen-bond donors (Lipinski definition) is 2. The standard InChI is InChI=1S/C26H35FO.C4H6O2.CH4O.CH2O/c1-4-8-26(20-28-3)25-17-16-24(23(5-2)19-25)15-14-22-12-10-21(11-13-22)9-6-7-18-27;1-4(2-5)3-6;2*1-2/h4,10-13,16-17,19,26H,1,5-9,14-15,18,20H2,2-3H3;2,6H,1,3H2;2H,1H3;1H2. The van der Waals surface area contributed by atoms with Crippen LogP contribution in [-0.2, 0) is 40.0 Å². The van der Waals surface area contributed by atoms with Crippen LogP contribution < -0.4 is 0 Å². The van der Waals surface area contributed by atoms with Crippen LogP contribution in [0.3, 0.4) is 0 Å². The number of methoxy groups -OCH3 is 1. The van der Waals surface area contributed by atoms with Crippen LogP contribution >= 0.6 is 0 Å². The molecule has 2 rings (SSSR count). The van der Waals surface area contributed by atoms with Crippen LogP contribution in [-0.4, -0.2) is 57.4 Å². The maximum Gasteiger partial charge on any atom is 0.147 e. The molecule has 0 radical (unpaired) electrons. The van der Waals surface area contributed by atoms with Gasteiger partial charge in [0.25, 0.3) is 0 Å². The molecule has 0 saturated heterocycles. The number of hydrogen-bond acceptors (Lipinski definition) is 5. The van der Waals surface area contributed by atoms with Gasteiger partial charge in [-0.25, -0.2) is 0 Å². The van der Waals surface area contributed by atoms with Crippen LogP contribution in [0.15, 0.2) is 67.3 Å². The highest BCUT2D eigenvalue weighted by Crippen LogP contribution is 2.25. The van der Waals surface area contributed by atoms with E-state index >= 15 is 0 Å². The van der Waals surface area contributed by atoms with Gasteiger partial charge in [-0.2, -0.15) is 0 Å². The lowest BCUT2D eigenvalue weighted by atomic mass is 9.90. The molecule has 0 amide bonds. The van der Waals surface area contributed by atoms with Gasteiger partial charge in [-0.15, -0.1) is 6.58 Å². The fraction of sp³-hybridized carbons (Fsp3) is 0.438. The number of carbonyl (C=O) groups excluding carboxylic acids is 2. The van der Waals surface area contributed by atoms with Gasteiger partial charge in [0.05, 0.1) is 19.9 Å². The van der Waals surface area contributed by atoms with Crippen molar-refractivity contribution >= 4 is 13.1 Å². The molecule has 2 aromatic carbocycles. The number of halogens is 1. The summed E-state index contributed by atoms with van der Waals surface area (Å²) in [6.07, 6.45) is 9.15. The highest BCUT2D eigenvalue weighted by atomic mass is 19.1. The molecule has 5 nitrogen and oxygen atoms in total. The monoisotopic (exact) mass is 530 g/mol. The summed E-state index contributed by atoms with van der Waals surface area (Å²) in [6, 6.07) is 15.8. The summed E-state index contributed by atoms with van der Waals surface area (Å²) in [5.41, 5.74) is 7.11. The van der Waals surface area contributed by atoms with Crippen molar-refractivity contribution in [3.8, 4) is 0 Å². The van der Waals surface area contributed by atoms with E-state index in [2.05, 4.69) is 62.5 Å². The highest BCUT2D eigenvalue weighted by Gasteiger charge is 2.12. The predicted octanol–water partition coefficient (Wildman–Crippen LogP) is 5.79. The van der Waals surface area contributed by atoms with Crippen molar-refractivity contribution in [2.24, 2.45) is 0 Å². The van der Waals surface area contributed by atoms with Crippen LogP contribution in [0.1, 0.15) is 59.9 Å². The normalized spacial score (nSPS) is 10.4. The van der Waals surface area contributed by atoms with Crippen LogP contribution in [0.5, 0.6) is 0 Å². The minimum atomic E-state index is -0.233. The zero-order valence-corrected chi connectivity index (χ0v) is 23.5. The number of rotatable bonds is 15. The van der Waals surface area contributed by atoms with E-state index in [1.165, 1.54) is 27.8 Å². The number of aryl methyl sites for hydroxylation is 4. The molecule has 0 aliphatic heterocycles. The molecule has 0 bridgehead atoms. The first-order valence-corrected chi connectivity index (χ1v) is 12.9. The van der Waals surface area contributed by atoms with E-state index < -0.39 is 0 Å². The number of unbranched alkanes of at least 4 members (excludes halogenated alkanes) is 1. The van der Waals surface area contributed by atoms with Crippen molar-refractivity contribution in [1.82, 2.24) is 0 Å². The molecule has 0 fully saturated rings. The smallest absolute Gasteiger partial charge is 0.147 e. The summed E-state index contributed by atoms with van der Waals surface area (Å²) in [7, 11) is 2.76. The second kappa shape index (κ2) is 25.7. The first kappa shape index (κ1) is 37.2. The van der Waals surface area contributed by atoms with Gasteiger partial charge in [0.1, 0.15) is 13.1 Å². The third-order valence-electron chi connectivity index (χ3n) is 5.83. The molecule has 0 aromatic heterocycles. The summed E-state index contributed by atoms with van der Waals surface area (Å²) in [5.74, 6) is 0.381. The molecule has 0 aliphatic carbocycles. The van der Waals surface area contributed by atoms with Gasteiger partial charge in [-0.3, -0.25) is 9.18 Å². The summed E-state index contributed by atoms with van der Waals surface area (Å²) in [6.45, 7) is 11.6. The van der Waals surface area contributed by atoms with E-state index in [0.717, 1.165) is 52.2 Å². The van der Waals surface area contributed by atoms with Crippen molar-refractivity contribution in [3.05, 3.63) is 95.1 Å². The molecule has 38 heavy (non-hydrogen) atoms. The molecular weight excluding hydrogens is 483 g/mol. The van der Waals surface area contributed by atoms with E-state index in [1.807, 2.05) is 12.9 Å². The third kappa shape index (κ3) is 16.0. The van der Waals surface area contributed by atoms with Crippen molar-refractivity contribution < 1.29 is 28.9 Å². The van der Waals surface area contributed by atoms with Gasteiger partial charge in [0.2, 0.25) is 0 Å². The maximum absolute atomic E-state index is 12.2. The number of aldehydes is 1. The Hall–Kier alpha value is -2.93. The van der Waals surface area contributed by atoms with Gasteiger partial charge in [-0.1, -0.05) is 62.0 Å². The summed E-state index contributed by atoms with van der Waals surface area (Å²) < 4.78 is 17.6. The lowest BCUT2D eigenvalue weighted by Gasteiger charge is -2.17. The lowest BCUT2D eigenvalue weighted by Crippen LogP contribution is -2.07. The SMILES string of the molecule is C=C(C=O)CO.C=CCC(COC)c1ccc(CCc2ccc(CCCCF)cc2)c(CC)c1.C=O.CO. The second-order valence-corrected chi connectivity index (χ2v) is 8.46. The molecule has 6 heteroatoms. The Morgan fingerprint density at radius 2 is 1.61 bits per heavy atom. The summed E-state index contributed by atoms with van der Waals surface area (Å²) in [4.78, 5) is 17.5. The zero-order chi connectivity index (χ0) is 29.2. The second-order valence-electron chi connectivity index (χ2n) is 8.46. The number of aliphatic hydroxyl groups is 2. The first-order valence-electron chi connectivity index (χ1n) is 12.9. The van der Waals surface area contributed by atoms with E-state index in [1.54, 1.807) is 7.11 Å². The Bertz CT molecular complexity index is 880. The maximum atomic E-state index is 12.2. The molecule has 212 valence electrons. The number of benzene rings is 2. The average Bonchev–Trinajstić information content (AvgIpc) is 2.98. The molecule has 0 spiro atoms. The van der Waals surface area contributed by atoms with Gasteiger partial charge < -0.3 is 19.7 Å². The van der Waals surface area contributed by atoms with E-state index in [-0.39, 0.29) is 18.9 Å². The molecule has 1 unspecified atom stereocenters. The summed E-state index contributed by atoms with van der Waals surface area (Å²) in [5, 5.41) is 15.0. The average molecular weight is 531 g/mol. The van der Waals surface area contributed by atoms with Crippen LogP contribution in [0.4, 0.5) is 4.39 Å². The van der Waals surface area contributed by atoms with E-state index in [0.29, 0.717) is 18.6 Å². The molecule has 0 aliphatic rings. The Morgan fingerprint density at radius 3 is 2.05 bits per heavy atom. The molecule has 1 atom stereocenters. The fourth-order valence-corrected chi connectivity index (χ4v) is 3.79. The van der Waals surface area contributed by atoms with E-state index in [9.17, 15) is 9.18 Å². The minimum absolute atomic E-state index is 0.212. The Balaban J connectivity index is 0. The van der Waals surface area contributed by atoms with Crippen molar-refractivity contribution in [2.45, 2.75) is 57.8 Å². The van der Waals surface area contributed by atoms with Crippen LogP contribution in [0, 0.1) is 0 Å². The Morgan fingerprint density at radius 1 is 1.00 bits per heavy atom. The van der Waals surface area contributed by atoms with Gasteiger partial charge in [0.15, 0.2) is 0 Å². The fourth-order valence-electron chi connectivity index (χ4n) is 3.79. The Kier molecular flexibility index (Phi) is 25.2. The zero-order valence-electron chi connectivity index (χ0n) is 23.5. The molecule has 0 heterocycles.